The molecule has 0 aromatic heterocycles. The predicted molar refractivity (Wildman–Crippen MR) is 239 cm³/mol. The largest absolute Gasteiger partial charge is 0.396 e. The first-order valence-corrected chi connectivity index (χ1v) is 23.6. The molecule has 0 radical (unpaired) electrons. The molecule has 5 atom stereocenters. The SMILES string of the molecule is CC1(C)C(=CC=C2CCCC(C=CC3=[N+](CCCCCC(=O)NN[C@@H]4CC(CO)[C@@H](O)[C@H](O)C4[18F])c4ccccc4C3(C)C)=C2Cl)N(CCCCS(=O)(=O)O)c2ccccc21. The van der Waals surface area contributed by atoms with Crippen molar-refractivity contribution < 1.29 is 42.1 Å². The Morgan fingerprint density at radius 1 is 0.934 bits per heavy atom. The lowest BCUT2D eigenvalue weighted by molar-refractivity contribution is -0.438. The number of anilines is 1. The minimum Gasteiger partial charge on any atom is -0.396 e. The van der Waals surface area contributed by atoms with Crippen LogP contribution in [0.5, 0.6) is 0 Å². The minimum atomic E-state index is -4.01. The summed E-state index contributed by atoms with van der Waals surface area (Å²) in [6.07, 6.45) is 10.1. The number of hydrazine groups is 1. The second kappa shape index (κ2) is 19.8. The van der Waals surface area contributed by atoms with Gasteiger partial charge in [0.15, 0.2) is 5.71 Å². The number of allylic oxidation sites excluding steroid dienone is 8. The van der Waals surface area contributed by atoms with E-state index < -0.39 is 47.1 Å². The molecule has 1 fully saturated rings. The summed E-state index contributed by atoms with van der Waals surface area (Å²) in [5, 5.41) is 30.3. The van der Waals surface area contributed by atoms with Crippen molar-refractivity contribution in [1.82, 2.24) is 10.9 Å². The average molecular weight is 882 g/mol. The fourth-order valence-corrected chi connectivity index (χ4v) is 10.4. The smallest absolute Gasteiger partial charge is 0.264 e. The van der Waals surface area contributed by atoms with Gasteiger partial charge in [0.2, 0.25) is 11.6 Å². The highest BCUT2D eigenvalue weighted by atomic mass is 35.5. The number of rotatable bonds is 17. The Hall–Kier alpha value is -3.69. The first-order valence-electron chi connectivity index (χ1n) is 21.7. The Morgan fingerprint density at radius 3 is 2.39 bits per heavy atom. The summed E-state index contributed by atoms with van der Waals surface area (Å²) in [4.78, 5) is 14.9. The number of fused-ring (bicyclic) bond motifs is 2. The van der Waals surface area contributed by atoms with Crippen molar-refractivity contribution >= 4 is 44.7 Å². The van der Waals surface area contributed by atoms with Gasteiger partial charge in [-0.3, -0.25) is 14.8 Å². The zero-order valence-electron chi connectivity index (χ0n) is 35.8. The van der Waals surface area contributed by atoms with Gasteiger partial charge in [0.1, 0.15) is 18.8 Å². The van der Waals surface area contributed by atoms with Gasteiger partial charge in [-0.05, 0) is 94.1 Å². The van der Waals surface area contributed by atoms with E-state index >= 15 is 0 Å². The summed E-state index contributed by atoms with van der Waals surface area (Å²) in [6.45, 7) is 9.88. The summed E-state index contributed by atoms with van der Waals surface area (Å²) in [6, 6.07) is 15.8. The van der Waals surface area contributed by atoms with Gasteiger partial charge in [-0.1, -0.05) is 74.0 Å². The molecule has 0 saturated heterocycles. The zero-order chi connectivity index (χ0) is 44.1. The summed E-state index contributed by atoms with van der Waals surface area (Å²) in [5.41, 5.74) is 13.8. The average Bonchev–Trinajstić information content (AvgIpc) is 3.57. The van der Waals surface area contributed by atoms with Gasteiger partial charge >= 0.3 is 0 Å². The number of nitrogens with one attached hydrogen (secondary N) is 2. The maximum atomic E-state index is 14.6. The number of benzene rings is 2. The molecule has 6 rings (SSSR count). The lowest BCUT2D eigenvalue weighted by Crippen LogP contribution is -2.60. The van der Waals surface area contributed by atoms with Crippen LogP contribution in [0, 0.1) is 5.92 Å². The highest BCUT2D eigenvalue weighted by Crippen LogP contribution is 2.48. The van der Waals surface area contributed by atoms with Crippen LogP contribution < -0.4 is 15.8 Å². The highest BCUT2D eigenvalue weighted by molar-refractivity contribution is 7.85. The second-order valence-electron chi connectivity index (χ2n) is 17.9. The van der Waals surface area contributed by atoms with Gasteiger partial charge in [0.05, 0.1) is 23.3 Å². The Morgan fingerprint density at radius 2 is 1.66 bits per heavy atom. The van der Waals surface area contributed by atoms with E-state index in [0.717, 1.165) is 71.9 Å². The first kappa shape index (κ1) is 46.8. The van der Waals surface area contributed by atoms with E-state index in [4.69, 9.17) is 11.6 Å². The Labute approximate surface area is 365 Å². The van der Waals surface area contributed by atoms with Crippen LogP contribution in [0.15, 0.2) is 94.7 Å². The summed E-state index contributed by atoms with van der Waals surface area (Å²) in [5.74, 6) is -1.23. The number of carbonyl (C=O) groups is 1. The van der Waals surface area contributed by atoms with Crippen LogP contribution in [-0.4, -0.2) is 94.4 Å². The maximum absolute atomic E-state index is 14.6. The highest BCUT2D eigenvalue weighted by Gasteiger charge is 2.45. The topological polar surface area (TPSA) is 162 Å². The third-order valence-electron chi connectivity index (χ3n) is 13.0. The lowest BCUT2D eigenvalue weighted by Gasteiger charge is -2.38. The number of amides is 1. The number of halogens is 2. The quantitative estimate of drug-likeness (QED) is 0.0418. The Kier molecular flexibility index (Phi) is 15.2. The molecule has 332 valence electrons. The summed E-state index contributed by atoms with van der Waals surface area (Å²) < 4.78 is 49.0. The second-order valence-corrected chi connectivity index (χ2v) is 19.9. The number of aliphatic hydroxyl groups is 3. The monoisotopic (exact) mass is 880 g/mol. The maximum Gasteiger partial charge on any atom is 0.264 e. The molecule has 2 aliphatic carbocycles. The molecule has 2 unspecified atom stereocenters. The molecule has 1 amide bonds. The van der Waals surface area contributed by atoms with Gasteiger partial charge < -0.3 is 20.2 Å². The molecule has 14 heteroatoms. The van der Waals surface area contributed by atoms with Crippen molar-refractivity contribution in [1.29, 1.82) is 0 Å². The van der Waals surface area contributed by atoms with Crippen molar-refractivity contribution in [3.63, 3.8) is 0 Å². The number of hydrogen-bond donors (Lipinski definition) is 6. The fourth-order valence-electron chi connectivity index (χ4n) is 9.48. The van der Waals surface area contributed by atoms with Crippen molar-refractivity contribution in [2.75, 3.05) is 30.3 Å². The minimum absolute atomic E-state index is 0.0804. The molecule has 0 spiro atoms. The number of carbonyl (C=O) groups excluding carboxylic acids is 1. The van der Waals surface area contributed by atoms with Crippen molar-refractivity contribution in [3.05, 3.63) is 106 Å². The van der Waals surface area contributed by atoms with Gasteiger partial charge in [-0.25, -0.2) is 9.82 Å². The molecule has 2 aromatic carbocycles. The molecule has 2 aliphatic heterocycles. The molecule has 2 aromatic rings. The molecular formula is C47H63ClFN4O7S+. The summed E-state index contributed by atoms with van der Waals surface area (Å²) >= 11 is 7.23. The van der Waals surface area contributed by atoms with Gasteiger partial charge in [0.25, 0.3) is 10.1 Å². The first-order chi connectivity index (χ1) is 29.0. The van der Waals surface area contributed by atoms with E-state index in [0.29, 0.717) is 25.8 Å². The molecule has 0 bridgehead atoms. The Balaban J connectivity index is 1.14. The lowest BCUT2D eigenvalue weighted by atomic mass is 9.80. The molecule has 4 aliphatic rings. The normalized spacial score (nSPS) is 26.1. The predicted octanol–water partition coefficient (Wildman–Crippen LogP) is 7.19. The molecule has 2 heterocycles. The van der Waals surface area contributed by atoms with Crippen molar-refractivity contribution in [3.8, 4) is 0 Å². The number of para-hydroxylation sites is 2. The van der Waals surface area contributed by atoms with Crippen LogP contribution in [0.25, 0.3) is 0 Å². The number of nitrogens with zero attached hydrogens (tertiary/aromatic N) is 2. The van der Waals surface area contributed by atoms with Crippen molar-refractivity contribution in [2.45, 2.75) is 127 Å². The van der Waals surface area contributed by atoms with Crippen LogP contribution in [0.3, 0.4) is 0 Å². The van der Waals surface area contributed by atoms with E-state index in [-0.39, 0.29) is 35.3 Å². The zero-order valence-corrected chi connectivity index (χ0v) is 37.4. The van der Waals surface area contributed by atoms with Crippen LogP contribution in [0.2, 0.25) is 0 Å². The van der Waals surface area contributed by atoms with Crippen LogP contribution in [-0.2, 0) is 25.7 Å². The van der Waals surface area contributed by atoms with E-state index in [1.807, 2.05) is 12.1 Å². The molecule has 61 heavy (non-hydrogen) atoms. The van der Waals surface area contributed by atoms with Crippen LogP contribution in [0.4, 0.5) is 15.8 Å². The molecule has 6 N–H and O–H groups in total. The van der Waals surface area contributed by atoms with Gasteiger partial charge in [-0.2, -0.15) is 13.0 Å². The molecule has 1 saturated carbocycles. The molecule has 11 nitrogen and oxygen atoms in total. The summed E-state index contributed by atoms with van der Waals surface area (Å²) in [7, 11) is -4.01. The van der Waals surface area contributed by atoms with Crippen LogP contribution in [0.1, 0.15) is 103 Å². The van der Waals surface area contributed by atoms with Gasteiger partial charge in [0, 0.05) is 71.4 Å². The van der Waals surface area contributed by atoms with E-state index in [1.54, 1.807) is 0 Å². The fraction of sp³-hybridized carbons (Fsp3) is 0.532. The standard InChI is InChI=1S/C47H62ClFN4O7S/c1-46(2)34-17-7-9-19-37(34)52(26-11-5-6-21-41(55)51-50-36-29-33(30-54)44(56)45(57)43(36)49)39(46)24-22-31-15-14-16-32(42(31)48)23-25-40-47(3,4)35-18-8-10-20-38(35)53(40)27-12-13-28-61(58,59)60/h7-10,17-20,22-25,33,36,43-45,50,54,56-57H,5-6,11-16,21,26-30H2,1-4H3,(H-,51,55,58,59,60)/p+1/t33?,36-,43?,44-,45-/m1/s1/i49-1. The Bertz CT molecular complexity index is 2200. The number of unbranched alkanes of at least 4 members (excludes halogenated alkanes) is 3. The number of hydrogen-bond acceptors (Lipinski definition) is 8. The number of alkyl halides is 1. The van der Waals surface area contributed by atoms with Crippen LogP contribution >= 0.6 is 11.6 Å². The third-order valence-corrected chi connectivity index (χ3v) is 14.3. The van der Waals surface area contributed by atoms with Crippen molar-refractivity contribution in [2.24, 2.45) is 5.92 Å². The van der Waals surface area contributed by atoms with E-state index in [9.17, 15) is 37.5 Å². The van der Waals surface area contributed by atoms with E-state index in [1.165, 1.54) is 16.8 Å². The third kappa shape index (κ3) is 10.6. The molecular weight excluding hydrogens is 818 g/mol. The van der Waals surface area contributed by atoms with E-state index in [2.05, 4.69) is 109 Å². The van der Waals surface area contributed by atoms with Gasteiger partial charge in [-0.15, -0.1) is 0 Å². The number of aliphatic hydroxyl groups excluding tert-OH is 3.